The van der Waals surface area contributed by atoms with E-state index >= 15 is 4.39 Å². The smallest absolute Gasteiger partial charge is 0.281 e. The number of oxazole rings is 1. The molecule has 0 saturated heterocycles. The molecule has 2 N–H and O–H groups in total. The van der Waals surface area contributed by atoms with E-state index in [0.29, 0.717) is 18.1 Å². The summed E-state index contributed by atoms with van der Waals surface area (Å²) in [6.45, 7) is 7.18. The molecule has 226 valence electrons. The lowest BCUT2D eigenvalue weighted by Crippen LogP contribution is -2.41. The van der Waals surface area contributed by atoms with Crippen LogP contribution < -0.4 is 15.0 Å². The molecular formula is C32H34FN3O6S. The molecule has 1 aliphatic carbocycles. The minimum absolute atomic E-state index is 0.0348. The van der Waals surface area contributed by atoms with Gasteiger partial charge in [0.25, 0.3) is 5.91 Å². The Balaban J connectivity index is 1.58. The highest BCUT2D eigenvalue weighted by Crippen LogP contribution is 2.52. The van der Waals surface area contributed by atoms with Crippen molar-refractivity contribution in [2.75, 3.05) is 22.6 Å². The van der Waals surface area contributed by atoms with Crippen molar-refractivity contribution in [3.05, 3.63) is 87.4 Å². The fourth-order valence-corrected chi connectivity index (χ4v) is 8.67. The van der Waals surface area contributed by atoms with Crippen LogP contribution in [0.15, 0.2) is 63.1 Å². The summed E-state index contributed by atoms with van der Waals surface area (Å²) in [6, 6.07) is 7.42. The number of hydrogen-bond acceptors (Lipinski definition) is 8. The lowest BCUT2D eigenvalue weighted by atomic mass is 9.88. The van der Waals surface area contributed by atoms with Gasteiger partial charge < -0.3 is 19.6 Å². The number of nitrogens with zero attached hydrogens (tertiary/aromatic N) is 2. The van der Waals surface area contributed by atoms with E-state index in [0.717, 1.165) is 24.8 Å². The number of carbonyl (C=O) groups excluding carboxylic acids is 1. The first-order chi connectivity index (χ1) is 20.3. The minimum atomic E-state index is -4.05. The molecule has 3 aromatic rings. The molecule has 3 heterocycles. The molecule has 0 spiro atoms. The van der Waals surface area contributed by atoms with E-state index in [9.17, 15) is 18.3 Å². The molecule has 0 radical (unpaired) electrons. The van der Waals surface area contributed by atoms with Crippen LogP contribution in [0.1, 0.15) is 73.3 Å². The number of amides is 1. The summed E-state index contributed by atoms with van der Waals surface area (Å²) >= 11 is 0. The number of phenolic OH excluding ortho intramolecular Hbond substituents is 1. The summed E-state index contributed by atoms with van der Waals surface area (Å²) in [5.41, 5.74) is 1.01. The first-order valence-electron chi connectivity index (χ1n) is 14.3. The van der Waals surface area contributed by atoms with Gasteiger partial charge in [0.2, 0.25) is 0 Å². The number of ether oxygens (including phenoxy) is 1. The van der Waals surface area contributed by atoms with Gasteiger partial charge >= 0.3 is 0 Å². The summed E-state index contributed by atoms with van der Waals surface area (Å²) in [5, 5.41) is 14.1. The van der Waals surface area contributed by atoms with Gasteiger partial charge in [-0.2, -0.15) is 0 Å². The molecule has 1 amide bonds. The quantitative estimate of drug-likeness (QED) is 0.249. The molecule has 0 unspecified atom stereocenters. The molecule has 3 aliphatic rings. The Morgan fingerprint density at radius 2 is 2.05 bits per heavy atom. The Bertz CT molecular complexity index is 1810. The molecule has 9 nitrogen and oxygen atoms in total. The van der Waals surface area contributed by atoms with Crippen molar-refractivity contribution in [3.8, 4) is 11.5 Å². The number of allylic oxidation sites excluding steroid dienone is 2. The van der Waals surface area contributed by atoms with Gasteiger partial charge in [-0.3, -0.25) is 9.69 Å². The Kier molecular flexibility index (Phi) is 7.11. The predicted molar refractivity (Wildman–Crippen MR) is 160 cm³/mol. The van der Waals surface area contributed by atoms with Crippen LogP contribution in [0.25, 0.3) is 0 Å². The highest BCUT2D eigenvalue weighted by Gasteiger charge is 2.48. The lowest BCUT2D eigenvalue weighted by Gasteiger charge is -2.37. The largest absolute Gasteiger partial charge is 0.506 e. The molecule has 43 heavy (non-hydrogen) atoms. The molecule has 2 aromatic carbocycles. The number of hydrogen-bond donors (Lipinski definition) is 2. The first-order valence-corrected chi connectivity index (χ1v) is 15.9. The van der Waals surface area contributed by atoms with Crippen LogP contribution in [-0.2, 0) is 9.84 Å². The van der Waals surface area contributed by atoms with Crippen LogP contribution >= 0.6 is 0 Å². The number of anilines is 2. The van der Waals surface area contributed by atoms with Crippen molar-refractivity contribution in [2.45, 2.75) is 59.4 Å². The zero-order valence-corrected chi connectivity index (χ0v) is 25.3. The number of carbonyl (C=O) groups is 1. The van der Waals surface area contributed by atoms with Crippen LogP contribution in [0.3, 0.4) is 0 Å². The number of phenols is 1. The number of rotatable bonds is 5. The number of aromatic nitrogens is 1. The Morgan fingerprint density at radius 1 is 1.26 bits per heavy atom. The molecule has 1 aromatic heterocycles. The van der Waals surface area contributed by atoms with Gasteiger partial charge in [0, 0.05) is 24.3 Å². The molecule has 0 bridgehead atoms. The average Bonchev–Trinajstić information content (AvgIpc) is 3.52. The molecule has 2 aliphatic heterocycles. The SMILES string of the molecule is Cc1nc(C(=O)N2c3cccc(O)c3NC3=C([C@@H]2c2ccc(OCC4=CCCC4)cc2F)S(=O)(=O)CC(C)(C)C3)c(C)o1. The number of sulfone groups is 1. The van der Waals surface area contributed by atoms with Gasteiger partial charge in [-0.25, -0.2) is 17.8 Å². The third kappa shape index (κ3) is 5.30. The second-order valence-corrected chi connectivity index (χ2v) is 14.1. The minimum Gasteiger partial charge on any atom is -0.506 e. The van der Waals surface area contributed by atoms with Crippen LogP contribution in [-0.4, -0.2) is 36.8 Å². The number of aryl methyl sites for hydroxylation is 2. The summed E-state index contributed by atoms with van der Waals surface area (Å²) in [6.07, 6.45) is 5.40. The van der Waals surface area contributed by atoms with Gasteiger partial charge in [-0.15, -0.1) is 0 Å². The van der Waals surface area contributed by atoms with Gasteiger partial charge in [0.05, 0.1) is 16.3 Å². The summed E-state index contributed by atoms with van der Waals surface area (Å²) in [5.74, 6) is -1.06. The van der Waals surface area contributed by atoms with E-state index in [-0.39, 0.29) is 57.1 Å². The molecule has 0 fully saturated rings. The van der Waals surface area contributed by atoms with Gasteiger partial charge in [0.15, 0.2) is 21.4 Å². The van der Waals surface area contributed by atoms with E-state index in [4.69, 9.17) is 9.15 Å². The van der Waals surface area contributed by atoms with Crippen molar-refractivity contribution in [1.29, 1.82) is 0 Å². The normalized spacial score (nSPS) is 20.5. The fraction of sp³-hybridized carbons (Fsp3) is 0.375. The summed E-state index contributed by atoms with van der Waals surface area (Å²) in [4.78, 5) is 19.8. The van der Waals surface area contributed by atoms with Gasteiger partial charge in [-0.1, -0.05) is 26.0 Å². The van der Waals surface area contributed by atoms with E-state index in [1.165, 1.54) is 23.1 Å². The summed E-state index contributed by atoms with van der Waals surface area (Å²) in [7, 11) is -4.05. The molecule has 1 atom stereocenters. The summed E-state index contributed by atoms with van der Waals surface area (Å²) < 4.78 is 55.9. The zero-order valence-electron chi connectivity index (χ0n) is 24.5. The van der Waals surface area contributed by atoms with Crippen LogP contribution in [0, 0.1) is 25.1 Å². The Hall–Kier alpha value is -4.12. The lowest BCUT2D eigenvalue weighted by molar-refractivity contribution is 0.0974. The number of benzene rings is 2. The Morgan fingerprint density at radius 3 is 2.72 bits per heavy atom. The van der Waals surface area contributed by atoms with Gasteiger partial charge in [-0.05, 0) is 67.9 Å². The van der Waals surface area contributed by atoms with Crippen molar-refractivity contribution < 1.29 is 31.9 Å². The zero-order chi connectivity index (χ0) is 30.7. The van der Waals surface area contributed by atoms with E-state index < -0.39 is 33.0 Å². The molecule has 0 saturated carbocycles. The monoisotopic (exact) mass is 607 g/mol. The second kappa shape index (κ2) is 10.6. The van der Waals surface area contributed by atoms with E-state index in [1.54, 1.807) is 32.0 Å². The van der Waals surface area contributed by atoms with Crippen LogP contribution in [0.2, 0.25) is 0 Å². The number of fused-ring (bicyclic) bond motifs is 1. The predicted octanol–water partition coefficient (Wildman–Crippen LogP) is 6.50. The maximum atomic E-state index is 16.3. The third-order valence-corrected chi connectivity index (χ3v) is 10.4. The topological polar surface area (TPSA) is 122 Å². The maximum Gasteiger partial charge on any atom is 0.281 e. The Labute approximate surface area is 250 Å². The average molecular weight is 608 g/mol. The molecular weight excluding hydrogens is 573 g/mol. The van der Waals surface area contributed by atoms with E-state index in [2.05, 4.69) is 16.4 Å². The highest BCUT2D eigenvalue weighted by molar-refractivity contribution is 7.95. The fourth-order valence-electron chi connectivity index (χ4n) is 6.31. The number of para-hydroxylation sites is 1. The first kappa shape index (κ1) is 29.0. The number of aromatic hydroxyl groups is 1. The van der Waals surface area contributed by atoms with Crippen molar-refractivity contribution in [1.82, 2.24) is 4.98 Å². The van der Waals surface area contributed by atoms with Crippen molar-refractivity contribution >= 4 is 27.1 Å². The number of halogens is 1. The maximum absolute atomic E-state index is 16.3. The highest BCUT2D eigenvalue weighted by atomic mass is 32.2. The van der Waals surface area contributed by atoms with Gasteiger partial charge in [0.1, 0.15) is 41.4 Å². The third-order valence-electron chi connectivity index (χ3n) is 8.08. The number of nitrogens with one attached hydrogen (secondary N) is 1. The standard InChI is InChI=1S/C32H34FN3O6S/c1-18-27(34-19(2)42-18)31(38)36-25-10-7-11-26(37)28(25)35-24-15-32(3,4)17-43(39,40)30(24)29(36)22-13-12-21(14-23(22)33)41-16-20-8-5-6-9-20/h7-8,10-14,29,35,37H,5-6,9,15-17H2,1-4H3/t29-/m0/s1. The van der Waals surface area contributed by atoms with Crippen LogP contribution in [0.5, 0.6) is 11.5 Å². The van der Waals surface area contributed by atoms with Crippen molar-refractivity contribution in [3.63, 3.8) is 0 Å². The molecule has 11 heteroatoms. The van der Waals surface area contributed by atoms with Crippen LogP contribution in [0.4, 0.5) is 15.8 Å². The van der Waals surface area contributed by atoms with Crippen molar-refractivity contribution in [2.24, 2.45) is 5.41 Å². The second-order valence-electron chi connectivity index (χ2n) is 12.2. The van der Waals surface area contributed by atoms with E-state index in [1.807, 2.05) is 13.8 Å². The molecule has 6 rings (SSSR count).